The van der Waals surface area contributed by atoms with Gasteiger partial charge in [0.2, 0.25) is 15.9 Å². The third-order valence-electron chi connectivity index (χ3n) is 4.72. The third-order valence-corrected chi connectivity index (χ3v) is 6.65. The second kappa shape index (κ2) is 8.78. The molecule has 174 valence electrons. The molecule has 1 fully saturated rings. The highest BCUT2D eigenvalue weighted by Gasteiger charge is 2.41. The van der Waals surface area contributed by atoms with Gasteiger partial charge in [0.15, 0.2) is 0 Å². The molecule has 1 amide bonds. The summed E-state index contributed by atoms with van der Waals surface area (Å²) in [5.74, 6) is -2.47. The van der Waals surface area contributed by atoms with E-state index in [-0.39, 0.29) is 26.1 Å². The van der Waals surface area contributed by atoms with Crippen LogP contribution in [-0.4, -0.2) is 76.2 Å². The molecule has 1 aliphatic rings. The summed E-state index contributed by atoms with van der Waals surface area (Å²) >= 11 is 0. The van der Waals surface area contributed by atoms with Gasteiger partial charge in [0.05, 0.1) is 23.3 Å². The number of carboxylic acids is 1. The van der Waals surface area contributed by atoms with E-state index in [1.165, 1.54) is 11.2 Å². The number of amides is 1. The fourth-order valence-corrected chi connectivity index (χ4v) is 4.82. The van der Waals surface area contributed by atoms with E-state index in [1.54, 1.807) is 17.8 Å². The van der Waals surface area contributed by atoms with Crippen LogP contribution in [0.15, 0.2) is 41.7 Å². The number of aliphatic carboxylic acids is 1. The average Bonchev–Trinajstić information content (AvgIpc) is 3.11. The Hall–Kier alpha value is -3.13. The second-order valence-corrected chi connectivity index (χ2v) is 8.93. The van der Waals surface area contributed by atoms with Gasteiger partial charge in [-0.2, -0.15) is 4.31 Å². The summed E-state index contributed by atoms with van der Waals surface area (Å²) < 4.78 is 68.9. The number of halogens is 3. The summed E-state index contributed by atoms with van der Waals surface area (Å²) in [5, 5.41) is 9.58. The number of aromatic nitrogens is 2. The number of ether oxygens (including phenoxy) is 1. The number of aryl methyl sites for hydroxylation is 1. The lowest BCUT2D eigenvalue weighted by atomic mass is 10.2. The number of carbonyl (C=O) groups is 2. The molecule has 32 heavy (non-hydrogen) atoms. The first-order valence-corrected chi connectivity index (χ1v) is 10.7. The van der Waals surface area contributed by atoms with E-state index in [0.29, 0.717) is 5.69 Å². The SMILES string of the molecule is Cn1cnc(CC(=O)N2CCN(S(=O)(=O)c3ccc(OC(F)(F)F)cc3)[C@@H](C(=O)O)C2)c1. The minimum atomic E-state index is -4.94. The van der Waals surface area contributed by atoms with E-state index in [9.17, 15) is 36.3 Å². The van der Waals surface area contributed by atoms with Crippen LogP contribution in [0.5, 0.6) is 5.75 Å². The van der Waals surface area contributed by atoms with Gasteiger partial charge in [0.1, 0.15) is 11.8 Å². The van der Waals surface area contributed by atoms with E-state index >= 15 is 0 Å². The summed E-state index contributed by atoms with van der Waals surface area (Å²) in [4.78, 5) is 29.2. The molecule has 0 aliphatic carbocycles. The summed E-state index contributed by atoms with van der Waals surface area (Å²) in [6.45, 7) is -0.729. The van der Waals surface area contributed by atoms with E-state index in [1.807, 2.05) is 0 Å². The maximum atomic E-state index is 13.0. The number of carboxylic acid groups (broad SMARTS) is 1. The highest BCUT2D eigenvalue weighted by molar-refractivity contribution is 7.89. The molecule has 1 aromatic carbocycles. The molecule has 2 aromatic rings. The number of sulfonamides is 1. The van der Waals surface area contributed by atoms with Crippen LogP contribution < -0.4 is 4.74 Å². The van der Waals surface area contributed by atoms with Crippen LogP contribution >= 0.6 is 0 Å². The van der Waals surface area contributed by atoms with Gasteiger partial charge in [0, 0.05) is 32.9 Å². The van der Waals surface area contributed by atoms with Crippen molar-refractivity contribution in [3.8, 4) is 5.75 Å². The largest absolute Gasteiger partial charge is 0.573 e. The molecular formula is C18H19F3N4O6S. The zero-order chi connectivity index (χ0) is 23.7. The highest BCUT2D eigenvalue weighted by atomic mass is 32.2. The van der Waals surface area contributed by atoms with Crippen molar-refractivity contribution in [1.82, 2.24) is 18.8 Å². The highest BCUT2D eigenvalue weighted by Crippen LogP contribution is 2.27. The summed E-state index contributed by atoms with van der Waals surface area (Å²) in [5.41, 5.74) is 0.487. The van der Waals surface area contributed by atoms with Crippen molar-refractivity contribution in [3.05, 3.63) is 42.5 Å². The standard InChI is InChI=1S/C18H19F3N4O6S/c1-23-9-12(22-11-23)8-16(26)24-6-7-25(15(10-24)17(27)28)32(29,30)14-4-2-13(3-5-14)31-18(19,20)21/h2-5,9,11,15H,6-8,10H2,1H3,(H,27,28)/t15-/m1/s1. The monoisotopic (exact) mass is 476 g/mol. The molecule has 1 N–H and O–H groups in total. The molecule has 3 rings (SSSR count). The number of carbonyl (C=O) groups excluding carboxylic acids is 1. The van der Waals surface area contributed by atoms with E-state index in [4.69, 9.17) is 0 Å². The molecule has 1 saturated heterocycles. The molecule has 14 heteroatoms. The number of imidazole rings is 1. The lowest BCUT2D eigenvalue weighted by Crippen LogP contribution is -2.59. The fourth-order valence-electron chi connectivity index (χ4n) is 3.26. The Labute approximate surface area is 180 Å². The molecule has 0 bridgehead atoms. The first-order chi connectivity index (χ1) is 14.9. The average molecular weight is 476 g/mol. The molecule has 0 saturated carbocycles. The third kappa shape index (κ3) is 5.37. The van der Waals surface area contributed by atoms with Gasteiger partial charge in [-0.15, -0.1) is 13.2 Å². The Kier molecular flexibility index (Phi) is 6.46. The fraction of sp³-hybridized carbons (Fsp3) is 0.389. The van der Waals surface area contributed by atoms with Crippen LogP contribution in [0.3, 0.4) is 0 Å². The Morgan fingerprint density at radius 2 is 1.88 bits per heavy atom. The molecule has 2 heterocycles. The lowest BCUT2D eigenvalue weighted by Gasteiger charge is -2.38. The predicted octanol–water partition coefficient (Wildman–Crippen LogP) is 0.847. The van der Waals surface area contributed by atoms with E-state index < -0.39 is 44.9 Å². The van der Waals surface area contributed by atoms with Gasteiger partial charge in [-0.25, -0.2) is 13.4 Å². The lowest BCUT2D eigenvalue weighted by molar-refractivity contribution is -0.274. The Morgan fingerprint density at radius 3 is 2.41 bits per heavy atom. The maximum Gasteiger partial charge on any atom is 0.573 e. The van der Waals surface area contributed by atoms with Gasteiger partial charge in [0.25, 0.3) is 0 Å². The Bertz CT molecular complexity index is 1100. The first kappa shape index (κ1) is 23.5. The summed E-state index contributed by atoms with van der Waals surface area (Å²) in [6, 6.07) is 1.88. The van der Waals surface area contributed by atoms with Crippen LogP contribution in [0.25, 0.3) is 0 Å². The quantitative estimate of drug-likeness (QED) is 0.656. The molecule has 0 spiro atoms. The number of alkyl halides is 3. The molecule has 0 radical (unpaired) electrons. The van der Waals surface area contributed by atoms with Crippen LogP contribution in [0.4, 0.5) is 13.2 Å². The van der Waals surface area contributed by atoms with Gasteiger partial charge in [-0.3, -0.25) is 9.59 Å². The smallest absolute Gasteiger partial charge is 0.480 e. The normalized spacial score (nSPS) is 17.9. The van der Waals surface area contributed by atoms with Crippen molar-refractivity contribution >= 4 is 21.9 Å². The van der Waals surface area contributed by atoms with Crippen LogP contribution in [-0.2, 0) is 33.1 Å². The molecule has 10 nitrogen and oxygen atoms in total. The van der Waals surface area contributed by atoms with Gasteiger partial charge in [-0.05, 0) is 24.3 Å². The van der Waals surface area contributed by atoms with Crippen molar-refractivity contribution < 1.29 is 41.0 Å². The zero-order valence-corrected chi connectivity index (χ0v) is 17.5. The van der Waals surface area contributed by atoms with Crippen LogP contribution in [0.2, 0.25) is 0 Å². The number of piperazine rings is 1. The summed E-state index contributed by atoms with van der Waals surface area (Å²) in [7, 11) is -2.63. The molecular weight excluding hydrogens is 457 g/mol. The summed E-state index contributed by atoms with van der Waals surface area (Å²) in [6.07, 6.45) is -1.86. The van der Waals surface area contributed by atoms with Crippen LogP contribution in [0, 0.1) is 0 Å². The minimum Gasteiger partial charge on any atom is -0.480 e. The number of nitrogens with zero attached hydrogens (tertiary/aromatic N) is 4. The minimum absolute atomic E-state index is 0.0516. The van der Waals surface area contributed by atoms with E-state index in [2.05, 4.69) is 9.72 Å². The first-order valence-electron chi connectivity index (χ1n) is 9.22. The second-order valence-electron chi connectivity index (χ2n) is 7.04. The topological polar surface area (TPSA) is 122 Å². The Morgan fingerprint density at radius 1 is 1.22 bits per heavy atom. The van der Waals surface area contributed by atoms with E-state index in [0.717, 1.165) is 28.6 Å². The van der Waals surface area contributed by atoms with Crippen LogP contribution in [0.1, 0.15) is 5.69 Å². The number of rotatable bonds is 6. The maximum absolute atomic E-state index is 13.0. The van der Waals surface area contributed by atoms with Crippen molar-refractivity contribution in [2.24, 2.45) is 7.05 Å². The molecule has 1 atom stereocenters. The predicted molar refractivity (Wildman–Crippen MR) is 102 cm³/mol. The Balaban J connectivity index is 1.75. The number of hydrogen-bond donors (Lipinski definition) is 1. The molecule has 0 unspecified atom stereocenters. The van der Waals surface area contributed by atoms with Gasteiger partial charge in [-0.1, -0.05) is 0 Å². The van der Waals surface area contributed by atoms with Crippen molar-refractivity contribution in [1.29, 1.82) is 0 Å². The molecule has 1 aliphatic heterocycles. The van der Waals surface area contributed by atoms with Gasteiger partial charge >= 0.3 is 12.3 Å². The van der Waals surface area contributed by atoms with Crippen molar-refractivity contribution in [2.75, 3.05) is 19.6 Å². The van der Waals surface area contributed by atoms with Crippen molar-refractivity contribution in [2.45, 2.75) is 23.7 Å². The van der Waals surface area contributed by atoms with Crippen molar-refractivity contribution in [3.63, 3.8) is 0 Å². The van der Waals surface area contributed by atoms with Gasteiger partial charge < -0.3 is 19.3 Å². The number of benzene rings is 1. The number of hydrogen-bond acceptors (Lipinski definition) is 6. The molecule has 1 aromatic heterocycles. The zero-order valence-electron chi connectivity index (χ0n) is 16.7.